The van der Waals surface area contributed by atoms with Crippen molar-refractivity contribution in [1.82, 2.24) is 9.55 Å². The number of carbonyl (C=O) groups excluding carboxylic acids is 1. The van der Waals surface area contributed by atoms with Crippen LogP contribution in [0.15, 0.2) is 95.1 Å². The smallest absolute Gasteiger partial charge is 0.238 e. The van der Waals surface area contributed by atoms with Crippen LogP contribution in [-0.4, -0.2) is 29.6 Å². The quantitative estimate of drug-likeness (QED) is 0.363. The largest absolute Gasteiger partial charge is 0.325 e. The first-order valence-corrected chi connectivity index (χ1v) is 12.7. The lowest BCUT2D eigenvalue weighted by Gasteiger charge is -2.12. The summed E-state index contributed by atoms with van der Waals surface area (Å²) in [5, 5.41) is 9.05. The Labute approximate surface area is 200 Å². The lowest BCUT2D eigenvalue weighted by molar-refractivity contribution is -0.113. The molecule has 0 aliphatic heterocycles. The van der Waals surface area contributed by atoms with E-state index in [-0.39, 0.29) is 16.6 Å². The van der Waals surface area contributed by atoms with Crippen LogP contribution in [0.5, 0.6) is 0 Å². The molecule has 0 radical (unpaired) electrons. The first kappa shape index (κ1) is 23.1. The highest BCUT2D eigenvalue weighted by Gasteiger charge is 2.16. The number of imidazole rings is 1. The number of hydrogen-bond acceptors (Lipinski definition) is 5. The number of benzene rings is 3. The fraction of sp³-hybridized carbons (Fsp3) is 0.0435. The van der Waals surface area contributed by atoms with Crippen LogP contribution in [0.25, 0.3) is 16.9 Å². The van der Waals surface area contributed by atoms with E-state index in [1.54, 1.807) is 18.3 Å². The van der Waals surface area contributed by atoms with E-state index in [0.717, 1.165) is 16.9 Å². The highest BCUT2D eigenvalue weighted by Crippen LogP contribution is 2.30. The molecule has 3 aromatic carbocycles. The van der Waals surface area contributed by atoms with Crippen LogP contribution in [0.4, 0.5) is 5.69 Å². The average molecular weight is 499 g/mol. The number of nitrogens with two attached hydrogens (primary N) is 1. The van der Waals surface area contributed by atoms with E-state index in [9.17, 15) is 13.2 Å². The van der Waals surface area contributed by atoms with Gasteiger partial charge in [0.1, 0.15) is 0 Å². The van der Waals surface area contributed by atoms with E-state index in [1.807, 2.05) is 53.1 Å². The zero-order valence-corrected chi connectivity index (χ0v) is 19.6. The van der Waals surface area contributed by atoms with Crippen molar-refractivity contribution < 1.29 is 13.2 Å². The number of amides is 1. The fourth-order valence-corrected chi connectivity index (χ4v) is 4.73. The summed E-state index contributed by atoms with van der Waals surface area (Å²) in [6, 6.07) is 23.0. The van der Waals surface area contributed by atoms with Gasteiger partial charge in [-0.2, -0.15) is 0 Å². The molecular weight excluding hydrogens is 480 g/mol. The molecule has 0 saturated heterocycles. The molecule has 0 aliphatic carbocycles. The predicted octanol–water partition coefficient (Wildman–Crippen LogP) is 4.57. The Morgan fingerprint density at radius 2 is 1.79 bits per heavy atom. The molecular formula is C23H19ClN4O3S2. The van der Waals surface area contributed by atoms with Gasteiger partial charge in [-0.3, -0.25) is 9.36 Å². The molecule has 0 unspecified atom stereocenters. The molecule has 1 amide bonds. The number of thioether (sulfide) groups is 1. The number of nitrogens with zero attached hydrogens (tertiary/aromatic N) is 2. The van der Waals surface area contributed by atoms with Crippen molar-refractivity contribution in [2.45, 2.75) is 10.1 Å². The van der Waals surface area contributed by atoms with E-state index in [2.05, 4.69) is 10.3 Å². The summed E-state index contributed by atoms with van der Waals surface area (Å²) in [5.74, 6) is -0.251. The molecule has 0 spiro atoms. The molecule has 0 bridgehead atoms. The summed E-state index contributed by atoms with van der Waals surface area (Å²) in [4.78, 5) is 17.0. The monoisotopic (exact) mass is 498 g/mol. The lowest BCUT2D eigenvalue weighted by atomic mass is 10.1. The molecule has 10 heteroatoms. The number of rotatable bonds is 7. The third-order valence-electron chi connectivity index (χ3n) is 4.64. The maximum absolute atomic E-state index is 12.6. The second-order valence-electron chi connectivity index (χ2n) is 7.02. The zero-order valence-electron chi connectivity index (χ0n) is 17.2. The van der Waals surface area contributed by atoms with Crippen molar-refractivity contribution >= 4 is 45.0 Å². The Balaban J connectivity index is 1.57. The molecule has 4 rings (SSSR count). The summed E-state index contributed by atoms with van der Waals surface area (Å²) >= 11 is 7.47. The second kappa shape index (κ2) is 9.80. The third-order valence-corrected chi connectivity index (χ3v) is 6.74. The maximum atomic E-state index is 12.6. The van der Waals surface area contributed by atoms with Gasteiger partial charge >= 0.3 is 0 Å². The van der Waals surface area contributed by atoms with Gasteiger partial charge in [-0.05, 0) is 36.4 Å². The van der Waals surface area contributed by atoms with Gasteiger partial charge < -0.3 is 5.32 Å². The Bertz CT molecular complexity index is 1410. The van der Waals surface area contributed by atoms with Gasteiger partial charge in [-0.15, -0.1) is 0 Å². The van der Waals surface area contributed by atoms with Crippen molar-refractivity contribution in [2.24, 2.45) is 5.14 Å². The van der Waals surface area contributed by atoms with Gasteiger partial charge in [0, 0.05) is 22.0 Å². The topological polar surface area (TPSA) is 107 Å². The molecule has 33 heavy (non-hydrogen) atoms. The minimum Gasteiger partial charge on any atom is -0.325 e. The first-order valence-electron chi connectivity index (χ1n) is 9.76. The number of carbonyl (C=O) groups is 1. The number of anilines is 1. The van der Waals surface area contributed by atoms with Crippen molar-refractivity contribution in [2.75, 3.05) is 11.1 Å². The van der Waals surface area contributed by atoms with Crippen LogP contribution >= 0.6 is 23.4 Å². The lowest BCUT2D eigenvalue weighted by Crippen LogP contribution is -2.16. The molecule has 1 aromatic heterocycles. The zero-order chi connectivity index (χ0) is 23.4. The first-order chi connectivity index (χ1) is 15.8. The molecule has 0 fully saturated rings. The summed E-state index contributed by atoms with van der Waals surface area (Å²) < 4.78 is 25.0. The number of aromatic nitrogens is 2. The highest BCUT2D eigenvalue weighted by atomic mass is 35.5. The number of hydrogen-bond donors (Lipinski definition) is 2. The van der Waals surface area contributed by atoms with Gasteiger partial charge in [0.25, 0.3) is 0 Å². The number of halogens is 1. The summed E-state index contributed by atoms with van der Waals surface area (Å²) in [7, 11) is -3.86. The second-order valence-corrected chi connectivity index (χ2v) is 9.96. The normalized spacial score (nSPS) is 11.3. The molecule has 168 valence electrons. The van der Waals surface area contributed by atoms with Gasteiger partial charge in [0.15, 0.2) is 5.16 Å². The van der Waals surface area contributed by atoms with Crippen LogP contribution in [0, 0.1) is 0 Å². The highest BCUT2D eigenvalue weighted by molar-refractivity contribution is 7.99. The average Bonchev–Trinajstić information content (AvgIpc) is 3.22. The molecule has 0 atom stereocenters. The van der Waals surface area contributed by atoms with Crippen molar-refractivity contribution in [3.8, 4) is 16.9 Å². The Hall–Kier alpha value is -3.11. The van der Waals surface area contributed by atoms with Crippen LogP contribution < -0.4 is 10.5 Å². The summed E-state index contributed by atoms with van der Waals surface area (Å²) in [5.41, 5.74) is 3.00. The SMILES string of the molecule is NS(=O)(=O)c1cccc(NC(=O)CSc2ncc(-c3ccccc3)n2-c2cccc(Cl)c2)c1. The van der Waals surface area contributed by atoms with E-state index >= 15 is 0 Å². The minimum absolute atomic E-state index is 0.0609. The fourth-order valence-electron chi connectivity index (χ4n) is 3.19. The van der Waals surface area contributed by atoms with Gasteiger partial charge in [-0.25, -0.2) is 18.5 Å². The Morgan fingerprint density at radius 1 is 1.03 bits per heavy atom. The number of sulfonamides is 1. The third kappa shape index (κ3) is 5.63. The minimum atomic E-state index is -3.86. The maximum Gasteiger partial charge on any atom is 0.238 e. The standard InChI is InChI=1S/C23H19ClN4O3S2/c24-17-8-4-10-19(12-17)28-21(16-6-2-1-3-7-16)14-26-23(28)32-15-22(29)27-18-9-5-11-20(13-18)33(25,30)31/h1-14H,15H2,(H,27,29)(H2,25,30,31). The molecule has 0 aliphatic rings. The Morgan fingerprint density at radius 3 is 2.52 bits per heavy atom. The van der Waals surface area contributed by atoms with E-state index < -0.39 is 10.0 Å². The van der Waals surface area contributed by atoms with Gasteiger partial charge in [0.2, 0.25) is 15.9 Å². The molecule has 1 heterocycles. The van der Waals surface area contributed by atoms with Crippen molar-refractivity contribution in [3.63, 3.8) is 0 Å². The van der Waals surface area contributed by atoms with Gasteiger partial charge in [-0.1, -0.05) is 65.8 Å². The molecule has 0 saturated carbocycles. The number of primary sulfonamides is 1. The van der Waals surface area contributed by atoms with Crippen molar-refractivity contribution in [3.05, 3.63) is 90.1 Å². The summed E-state index contributed by atoms with van der Waals surface area (Å²) in [6.07, 6.45) is 1.76. The number of nitrogens with one attached hydrogen (secondary N) is 1. The van der Waals surface area contributed by atoms with Crippen LogP contribution in [-0.2, 0) is 14.8 Å². The molecule has 7 nitrogen and oxygen atoms in total. The van der Waals surface area contributed by atoms with E-state index in [4.69, 9.17) is 16.7 Å². The molecule has 4 aromatic rings. The van der Waals surface area contributed by atoms with Crippen molar-refractivity contribution in [1.29, 1.82) is 0 Å². The summed E-state index contributed by atoms with van der Waals surface area (Å²) in [6.45, 7) is 0. The van der Waals surface area contributed by atoms with Crippen LogP contribution in [0.1, 0.15) is 0 Å². The van der Waals surface area contributed by atoms with Crippen LogP contribution in [0.2, 0.25) is 5.02 Å². The van der Waals surface area contributed by atoms with Crippen LogP contribution in [0.3, 0.4) is 0 Å². The predicted molar refractivity (Wildman–Crippen MR) is 131 cm³/mol. The molecule has 3 N–H and O–H groups in total. The Kier molecular flexibility index (Phi) is 6.85. The van der Waals surface area contributed by atoms with E-state index in [1.165, 1.54) is 30.0 Å². The van der Waals surface area contributed by atoms with E-state index in [0.29, 0.717) is 15.9 Å². The van der Waals surface area contributed by atoms with Gasteiger partial charge in [0.05, 0.1) is 22.5 Å².